The Morgan fingerprint density at radius 3 is 1.90 bits per heavy atom. The van der Waals surface area contributed by atoms with Gasteiger partial charge < -0.3 is 9.59 Å². The second-order valence-electron chi connectivity index (χ2n) is 1.95. The fourth-order valence-electron chi connectivity index (χ4n) is 0.650. The highest BCUT2D eigenvalue weighted by Gasteiger charge is 2.28. The fraction of sp³-hybridized carbons (Fsp3) is 0. The number of hydrogen-bond donors (Lipinski definition) is 2. The quantitative estimate of drug-likeness (QED) is 0.467. The van der Waals surface area contributed by atoms with Crippen molar-refractivity contribution in [2.24, 2.45) is 0 Å². The monoisotopic (exact) mass is 174 g/mol. The summed E-state index contributed by atoms with van der Waals surface area (Å²) in [5.41, 5.74) is 0. The smallest absolute Gasteiger partial charge is 0.396 e. The van der Waals surface area contributed by atoms with Crippen molar-refractivity contribution in [2.75, 3.05) is 0 Å². The topological polar surface area (TPSA) is 40.5 Å². The highest BCUT2D eigenvalue weighted by atomic mass is 35.6. The van der Waals surface area contributed by atoms with Crippen LogP contribution in [0.15, 0.2) is 30.3 Å². The van der Waals surface area contributed by atoms with Crippen LogP contribution in [0.25, 0.3) is 0 Å². The predicted octanol–water partition coefficient (Wildman–Crippen LogP) is 0.0559. The van der Waals surface area contributed by atoms with Gasteiger partial charge in [0.25, 0.3) is 0 Å². The van der Waals surface area contributed by atoms with E-state index >= 15 is 0 Å². The summed E-state index contributed by atoms with van der Waals surface area (Å²) in [6.07, 6.45) is 0. The van der Waals surface area contributed by atoms with E-state index in [1.165, 1.54) is 0 Å². The maximum atomic E-state index is 8.95. The van der Waals surface area contributed by atoms with Crippen LogP contribution in [0.2, 0.25) is 0 Å². The van der Waals surface area contributed by atoms with Crippen molar-refractivity contribution in [3.63, 3.8) is 0 Å². The SMILES string of the molecule is O[Si](O)(Cl)c1ccccc1. The van der Waals surface area contributed by atoms with Crippen LogP contribution in [0.3, 0.4) is 0 Å². The molecule has 1 aromatic carbocycles. The molecule has 1 aromatic rings. The zero-order valence-corrected chi connectivity index (χ0v) is 6.92. The van der Waals surface area contributed by atoms with Crippen LogP contribution < -0.4 is 5.19 Å². The molecule has 2 nitrogen and oxygen atoms in total. The molecule has 54 valence electrons. The van der Waals surface area contributed by atoms with E-state index in [9.17, 15) is 0 Å². The molecule has 0 bridgehead atoms. The lowest BCUT2D eigenvalue weighted by Gasteiger charge is -2.07. The normalized spacial score (nSPS) is 11.5. The molecule has 1 rings (SSSR count). The first kappa shape index (κ1) is 7.75. The molecule has 0 radical (unpaired) electrons. The van der Waals surface area contributed by atoms with E-state index in [1.54, 1.807) is 30.3 Å². The van der Waals surface area contributed by atoms with Gasteiger partial charge in [-0.1, -0.05) is 41.4 Å². The molecule has 0 fully saturated rings. The van der Waals surface area contributed by atoms with Crippen molar-refractivity contribution in [3.8, 4) is 0 Å². The standard InChI is InChI=1S/C6H7ClO2Si/c7-10(8,9)6-4-2-1-3-5-6/h1-5,8-9H. The zero-order chi connectivity index (χ0) is 7.61. The third-order valence-corrected chi connectivity index (χ3v) is 2.86. The summed E-state index contributed by atoms with van der Waals surface area (Å²) in [5, 5.41) is 0.414. The predicted molar refractivity (Wildman–Crippen MR) is 42.1 cm³/mol. The van der Waals surface area contributed by atoms with Gasteiger partial charge >= 0.3 is 7.87 Å². The van der Waals surface area contributed by atoms with Crippen LogP contribution in [0.5, 0.6) is 0 Å². The van der Waals surface area contributed by atoms with Gasteiger partial charge in [-0.25, -0.2) is 0 Å². The molecule has 2 N–H and O–H groups in total. The maximum absolute atomic E-state index is 8.95. The molecular formula is C6H7ClO2Si. The molecule has 0 amide bonds. The van der Waals surface area contributed by atoms with Crippen LogP contribution in [0.4, 0.5) is 0 Å². The Bertz CT molecular complexity index is 207. The van der Waals surface area contributed by atoms with E-state index in [1.807, 2.05) is 0 Å². The molecule has 0 heterocycles. The lowest BCUT2D eigenvalue weighted by molar-refractivity contribution is 0.412. The summed E-state index contributed by atoms with van der Waals surface area (Å²) in [4.78, 5) is 17.9. The summed E-state index contributed by atoms with van der Waals surface area (Å²) in [6, 6.07) is 8.41. The summed E-state index contributed by atoms with van der Waals surface area (Å²) in [5.74, 6) is 0. The second-order valence-corrected chi connectivity index (χ2v) is 5.29. The molecule has 0 atom stereocenters. The summed E-state index contributed by atoms with van der Waals surface area (Å²) in [6.45, 7) is 0. The number of halogens is 1. The number of benzene rings is 1. The van der Waals surface area contributed by atoms with Gasteiger partial charge in [0.15, 0.2) is 0 Å². The van der Waals surface area contributed by atoms with E-state index in [0.29, 0.717) is 5.19 Å². The van der Waals surface area contributed by atoms with E-state index < -0.39 is 7.87 Å². The summed E-state index contributed by atoms with van der Waals surface area (Å²) >= 11 is 5.31. The highest BCUT2D eigenvalue weighted by Crippen LogP contribution is 1.98. The van der Waals surface area contributed by atoms with Gasteiger partial charge in [-0.05, 0) is 0 Å². The van der Waals surface area contributed by atoms with Gasteiger partial charge in [0.2, 0.25) is 0 Å². The number of rotatable bonds is 1. The molecule has 0 aliphatic heterocycles. The average molecular weight is 175 g/mol. The van der Waals surface area contributed by atoms with Crippen molar-refractivity contribution < 1.29 is 9.59 Å². The summed E-state index contributed by atoms with van der Waals surface area (Å²) in [7, 11) is -3.56. The number of hydrogen-bond acceptors (Lipinski definition) is 2. The van der Waals surface area contributed by atoms with Crippen molar-refractivity contribution in [2.45, 2.75) is 0 Å². The van der Waals surface area contributed by atoms with Gasteiger partial charge in [0.05, 0.1) is 0 Å². The Morgan fingerprint density at radius 2 is 1.60 bits per heavy atom. The third-order valence-electron chi connectivity index (χ3n) is 1.14. The highest BCUT2D eigenvalue weighted by molar-refractivity contribution is 7.18. The molecular weight excluding hydrogens is 168 g/mol. The molecule has 0 saturated carbocycles. The molecule has 0 aliphatic rings. The van der Waals surface area contributed by atoms with Gasteiger partial charge in [-0.15, -0.1) is 0 Å². The molecule has 0 saturated heterocycles. The first-order valence-electron chi connectivity index (χ1n) is 2.80. The van der Waals surface area contributed by atoms with Gasteiger partial charge in [-0.2, -0.15) is 0 Å². The van der Waals surface area contributed by atoms with Crippen molar-refractivity contribution in [1.29, 1.82) is 0 Å². The fourth-order valence-corrected chi connectivity index (χ4v) is 1.64. The Balaban J connectivity index is 2.97. The van der Waals surface area contributed by atoms with Gasteiger partial charge in [-0.3, -0.25) is 0 Å². The van der Waals surface area contributed by atoms with E-state index in [4.69, 9.17) is 20.7 Å². The molecule has 4 heteroatoms. The van der Waals surface area contributed by atoms with Crippen LogP contribution >= 0.6 is 11.1 Å². The Hall–Kier alpha value is -0.353. The minimum Gasteiger partial charge on any atom is -0.396 e. The van der Waals surface area contributed by atoms with Crippen LogP contribution in [0, 0.1) is 0 Å². The molecule has 10 heavy (non-hydrogen) atoms. The van der Waals surface area contributed by atoms with Crippen LogP contribution in [0.1, 0.15) is 0 Å². The lowest BCUT2D eigenvalue weighted by atomic mass is 10.4. The van der Waals surface area contributed by atoms with Crippen molar-refractivity contribution in [1.82, 2.24) is 0 Å². The van der Waals surface area contributed by atoms with Gasteiger partial charge in [0.1, 0.15) is 0 Å². The average Bonchev–Trinajstić information content (AvgIpc) is 1.88. The van der Waals surface area contributed by atoms with Gasteiger partial charge in [0, 0.05) is 5.19 Å². The summed E-state index contributed by atoms with van der Waals surface area (Å²) < 4.78 is 0. The molecule has 0 aliphatic carbocycles. The van der Waals surface area contributed by atoms with Crippen molar-refractivity contribution >= 4 is 24.1 Å². The Kier molecular flexibility index (Phi) is 2.10. The Morgan fingerprint density at radius 1 is 1.10 bits per heavy atom. The van der Waals surface area contributed by atoms with Crippen LogP contribution in [-0.2, 0) is 0 Å². The van der Waals surface area contributed by atoms with Crippen molar-refractivity contribution in [3.05, 3.63) is 30.3 Å². The van der Waals surface area contributed by atoms with E-state index in [0.717, 1.165) is 0 Å². The largest absolute Gasteiger partial charge is 0.472 e. The van der Waals surface area contributed by atoms with Crippen LogP contribution in [-0.4, -0.2) is 17.5 Å². The van der Waals surface area contributed by atoms with E-state index in [-0.39, 0.29) is 0 Å². The second kappa shape index (κ2) is 2.71. The first-order valence-corrected chi connectivity index (χ1v) is 5.70. The molecule has 0 aromatic heterocycles. The first-order chi connectivity index (χ1) is 4.61. The minimum absolute atomic E-state index is 0.414. The molecule has 0 spiro atoms. The van der Waals surface area contributed by atoms with E-state index in [2.05, 4.69) is 0 Å². The maximum Gasteiger partial charge on any atom is 0.472 e. The zero-order valence-electron chi connectivity index (χ0n) is 5.16. The Labute approximate surface area is 64.7 Å². The third kappa shape index (κ3) is 1.81. The molecule has 0 unspecified atom stereocenters. The lowest BCUT2D eigenvalue weighted by Crippen LogP contribution is -2.42. The minimum atomic E-state index is -3.56.